The van der Waals surface area contributed by atoms with Crippen molar-refractivity contribution < 1.29 is 14.5 Å². The molecule has 1 aromatic heterocycles. The van der Waals surface area contributed by atoms with Crippen molar-refractivity contribution >= 4 is 11.7 Å². The fourth-order valence-corrected chi connectivity index (χ4v) is 2.88. The Hall–Kier alpha value is -3.41. The van der Waals surface area contributed by atoms with E-state index in [0.717, 1.165) is 17.1 Å². The van der Waals surface area contributed by atoms with Crippen LogP contribution < -0.4 is 0 Å². The van der Waals surface area contributed by atoms with Gasteiger partial charge in [0, 0.05) is 29.2 Å². The summed E-state index contributed by atoms with van der Waals surface area (Å²) in [5.74, 6) is -0.418. The van der Waals surface area contributed by atoms with Crippen molar-refractivity contribution in [3.63, 3.8) is 0 Å². The molecule has 0 atom stereocenters. The van der Waals surface area contributed by atoms with E-state index in [-0.39, 0.29) is 12.3 Å². The Bertz CT molecular complexity index is 944. The smallest absolute Gasteiger partial charge is 0.340 e. The van der Waals surface area contributed by atoms with E-state index in [1.165, 1.54) is 12.1 Å². The number of hydrogen-bond acceptors (Lipinski definition) is 4. The van der Waals surface area contributed by atoms with E-state index in [1.807, 2.05) is 48.7 Å². The van der Waals surface area contributed by atoms with E-state index in [0.29, 0.717) is 11.1 Å². The first-order valence-corrected chi connectivity index (χ1v) is 8.12. The van der Waals surface area contributed by atoms with Gasteiger partial charge < -0.3 is 9.30 Å². The molecule has 2 aromatic carbocycles. The van der Waals surface area contributed by atoms with Crippen molar-refractivity contribution in [3.05, 3.63) is 93.3 Å². The molecule has 0 aliphatic carbocycles. The second-order valence-corrected chi connectivity index (χ2v) is 5.96. The van der Waals surface area contributed by atoms with Crippen molar-refractivity contribution in [1.82, 2.24) is 4.57 Å². The Balaban J connectivity index is 1.75. The molecule has 1 heterocycles. The number of nitro groups is 1. The summed E-state index contributed by atoms with van der Waals surface area (Å²) >= 11 is 0. The summed E-state index contributed by atoms with van der Waals surface area (Å²) in [6.07, 6.45) is 0. The largest absolute Gasteiger partial charge is 0.457 e. The van der Waals surface area contributed by atoms with E-state index in [2.05, 4.69) is 0 Å². The second kappa shape index (κ2) is 7.23. The Morgan fingerprint density at radius 1 is 1.08 bits per heavy atom. The van der Waals surface area contributed by atoms with Crippen LogP contribution in [0.2, 0.25) is 0 Å². The molecular weight excluding hydrogens is 332 g/mol. The van der Waals surface area contributed by atoms with Gasteiger partial charge in [-0.1, -0.05) is 18.2 Å². The maximum absolute atomic E-state index is 12.5. The minimum Gasteiger partial charge on any atom is -0.457 e. The van der Waals surface area contributed by atoms with Crippen molar-refractivity contribution in [1.29, 1.82) is 0 Å². The quantitative estimate of drug-likeness (QED) is 0.389. The molecule has 0 N–H and O–H groups in total. The minimum atomic E-state index is -0.464. The third-order valence-corrected chi connectivity index (χ3v) is 4.18. The lowest BCUT2D eigenvalue weighted by Gasteiger charge is -2.09. The summed E-state index contributed by atoms with van der Waals surface area (Å²) in [5, 5.41) is 10.7. The maximum Gasteiger partial charge on any atom is 0.340 e. The average Bonchev–Trinajstić information content (AvgIpc) is 2.95. The highest BCUT2D eigenvalue weighted by Crippen LogP contribution is 2.22. The van der Waals surface area contributed by atoms with Crippen LogP contribution in [-0.4, -0.2) is 15.5 Å². The lowest BCUT2D eigenvalue weighted by atomic mass is 10.2. The third-order valence-electron chi connectivity index (χ3n) is 4.18. The van der Waals surface area contributed by atoms with Gasteiger partial charge in [0.15, 0.2) is 0 Å². The van der Waals surface area contributed by atoms with E-state index >= 15 is 0 Å². The van der Waals surface area contributed by atoms with Crippen molar-refractivity contribution in [3.8, 4) is 5.69 Å². The predicted octanol–water partition coefficient (Wildman–Crippen LogP) is 4.36. The van der Waals surface area contributed by atoms with Crippen LogP contribution in [0.4, 0.5) is 5.69 Å². The van der Waals surface area contributed by atoms with Crippen molar-refractivity contribution in [2.45, 2.75) is 20.5 Å². The fourth-order valence-electron chi connectivity index (χ4n) is 2.88. The molecule has 0 radical (unpaired) electrons. The zero-order valence-electron chi connectivity index (χ0n) is 14.5. The predicted molar refractivity (Wildman–Crippen MR) is 97.5 cm³/mol. The number of non-ortho nitro benzene ring substituents is 1. The number of esters is 1. The maximum atomic E-state index is 12.5. The number of carbonyl (C=O) groups excluding carboxylic acids is 1. The molecule has 3 rings (SSSR count). The highest BCUT2D eigenvalue weighted by molar-refractivity contribution is 5.91. The standard InChI is InChI=1S/C20H18N2O4/c1-14-12-19(15(2)21(14)17-6-4-3-5-7-17)20(23)26-13-16-8-10-18(11-9-16)22(24)25/h3-12H,13H2,1-2H3. The van der Waals surface area contributed by atoms with Crippen LogP contribution in [0.1, 0.15) is 27.3 Å². The molecule has 6 nitrogen and oxygen atoms in total. The van der Waals surface area contributed by atoms with E-state index in [4.69, 9.17) is 4.74 Å². The molecule has 132 valence electrons. The highest BCUT2D eigenvalue weighted by Gasteiger charge is 2.18. The summed E-state index contributed by atoms with van der Waals surface area (Å²) < 4.78 is 7.38. The number of aryl methyl sites for hydroxylation is 1. The normalized spacial score (nSPS) is 10.5. The van der Waals surface area contributed by atoms with Gasteiger partial charge in [-0.15, -0.1) is 0 Å². The lowest BCUT2D eigenvalue weighted by Crippen LogP contribution is -2.07. The number of para-hydroxylation sites is 1. The number of benzene rings is 2. The van der Waals surface area contributed by atoms with Gasteiger partial charge in [-0.25, -0.2) is 4.79 Å². The molecule has 6 heteroatoms. The summed E-state index contributed by atoms with van der Waals surface area (Å²) in [5.41, 5.74) is 3.94. The summed E-state index contributed by atoms with van der Waals surface area (Å²) in [4.78, 5) is 22.7. The first-order chi connectivity index (χ1) is 12.5. The first kappa shape index (κ1) is 17.4. The van der Waals surface area contributed by atoms with Gasteiger partial charge >= 0.3 is 5.97 Å². The molecule has 0 amide bonds. The monoisotopic (exact) mass is 350 g/mol. The summed E-state index contributed by atoms with van der Waals surface area (Å²) in [7, 11) is 0. The molecule has 0 spiro atoms. The first-order valence-electron chi connectivity index (χ1n) is 8.12. The number of carbonyl (C=O) groups is 1. The third kappa shape index (κ3) is 3.49. The van der Waals surface area contributed by atoms with Gasteiger partial charge in [-0.05, 0) is 49.7 Å². The summed E-state index contributed by atoms with van der Waals surface area (Å²) in [6, 6.07) is 17.5. The van der Waals surface area contributed by atoms with E-state index in [1.54, 1.807) is 18.2 Å². The van der Waals surface area contributed by atoms with Gasteiger partial charge in [-0.2, -0.15) is 0 Å². The number of aromatic nitrogens is 1. The molecule has 0 fully saturated rings. The van der Waals surface area contributed by atoms with Gasteiger partial charge in [0.1, 0.15) is 6.61 Å². The number of nitro benzene ring substituents is 1. The number of rotatable bonds is 5. The number of nitrogens with zero attached hydrogens (tertiary/aromatic N) is 2. The molecular formula is C20H18N2O4. The van der Waals surface area contributed by atoms with Crippen LogP contribution in [0.3, 0.4) is 0 Å². The van der Waals surface area contributed by atoms with Gasteiger partial charge in [-0.3, -0.25) is 10.1 Å². The molecule has 0 saturated carbocycles. The topological polar surface area (TPSA) is 74.4 Å². The fraction of sp³-hybridized carbons (Fsp3) is 0.150. The Morgan fingerprint density at radius 3 is 2.35 bits per heavy atom. The molecule has 0 unspecified atom stereocenters. The molecule has 0 aliphatic rings. The Morgan fingerprint density at radius 2 is 1.73 bits per heavy atom. The molecule has 26 heavy (non-hydrogen) atoms. The highest BCUT2D eigenvalue weighted by atomic mass is 16.6. The van der Waals surface area contributed by atoms with Crippen LogP contribution >= 0.6 is 0 Å². The van der Waals surface area contributed by atoms with Crippen LogP contribution in [0.25, 0.3) is 5.69 Å². The van der Waals surface area contributed by atoms with Gasteiger partial charge in [0.05, 0.1) is 10.5 Å². The molecule has 0 aliphatic heterocycles. The lowest BCUT2D eigenvalue weighted by molar-refractivity contribution is -0.384. The molecule has 3 aromatic rings. The molecule has 0 bridgehead atoms. The Kier molecular flexibility index (Phi) is 4.84. The zero-order chi connectivity index (χ0) is 18.7. The van der Waals surface area contributed by atoms with E-state index < -0.39 is 10.9 Å². The van der Waals surface area contributed by atoms with Crippen molar-refractivity contribution in [2.24, 2.45) is 0 Å². The number of hydrogen-bond donors (Lipinski definition) is 0. The Labute approximate surface area is 150 Å². The van der Waals surface area contributed by atoms with Crippen molar-refractivity contribution in [2.75, 3.05) is 0 Å². The van der Waals surface area contributed by atoms with Crippen LogP contribution in [0, 0.1) is 24.0 Å². The minimum absolute atomic E-state index is 0.00600. The summed E-state index contributed by atoms with van der Waals surface area (Å²) in [6.45, 7) is 3.88. The zero-order valence-corrected chi connectivity index (χ0v) is 14.5. The molecule has 0 saturated heterocycles. The SMILES string of the molecule is Cc1cc(C(=O)OCc2ccc([N+](=O)[O-])cc2)c(C)n1-c1ccccc1. The second-order valence-electron chi connectivity index (χ2n) is 5.96. The van der Waals surface area contributed by atoms with Gasteiger partial charge in [0.2, 0.25) is 0 Å². The van der Waals surface area contributed by atoms with Crippen LogP contribution in [0.15, 0.2) is 60.7 Å². The number of ether oxygens (including phenoxy) is 1. The van der Waals surface area contributed by atoms with Crippen LogP contribution in [0.5, 0.6) is 0 Å². The van der Waals surface area contributed by atoms with E-state index in [9.17, 15) is 14.9 Å². The average molecular weight is 350 g/mol. The van der Waals surface area contributed by atoms with Gasteiger partial charge in [0.25, 0.3) is 5.69 Å². The van der Waals surface area contributed by atoms with Crippen LogP contribution in [-0.2, 0) is 11.3 Å².